The maximum Gasteiger partial charge on any atom is 0.275 e. The predicted molar refractivity (Wildman–Crippen MR) is 126 cm³/mol. The van der Waals surface area contributed by atoms with Crippen LogP contribution in [-0.4, -0.2) is 53.9 Å². The molecule has 4 rings (SSSR count). The standard InChI is InChI=1S/C25H30N4O3/c1-18-22-8-4-5-9-23(22)25(31)29(26-18)17-24(30)28(16-21-7-6-14-32-21)15-19-10-12-20(13-11-19)27(2)3/h4-5,8-13,21H,6-7,14-17H2,1-3H3. The van der Waals surface area contributed by atoms with Crippen molar-refractivity contribution in [3.8, 4) is 0 Å². The lowest BCUT2D eigenvalue weighted by molar-refractivity contribution is -0.134. The summed E-state index contributed by atoms with van der Waals surface area (Å²) in [4.78, 5) is 30.1. The number of hydrogen-bond donors (Lipinski definition) is 0. The van der Waals surface area contributed by atoms with E-state index in [1.807, 2.05) is 68.4 Å². The second kappa shape index (κ2) is 9.53. The zero-order chi connectivity index (χ0) is 22.7. The Morgan fingerprint density at radius 2 is 1.84 bits per heavy atom. The number of carbonyl (C=O) groups is 1. The van der Waals surface area contributed by atoms with Crippen LogP contribution >= 0.6 is 0 Å². The Morgan fingerprint density at radius 1 is 1.12 bits per heavy atom. The van der Waals surface area contributed by atoms with Crippen molar-refractivity contribution < 1.29 is 9.53 Å². The summed E-state index contributed by atoms with van der Waals surface area (Å²) in [6.45, 7) is 3.48. The van der Waals surface area contributed by atoms with E-state index in [4.69, 9.17) is 4.74 Å². The highest BCUT2D eigenvalue weighted by atomic mass is 16.5. The van der Waals surface area contributed by atoms with E-state index in [2.05, 4.69) is 5.10 Å². The molecule has 0 aliphatic carbocycles. The highest BCUT2D eigenvalue weighted by molar-refractivity contribution is 5.83. The van der Waals surface area contributed by atoms with E-state index in [9.17, 15) is 9.59 Å². The van der Waals surface area contributed by atoms with Gasteiger partial charge in [0, 0.05) is 44.9 Å². The SMILES string of the molecule is Cc1nn(CC(=O)N(Cc2ccc(N(C)C)cc2)CC2CCCO2)c(=O)c2ccccc12. The number of anilines is 1. The summed E-state index contributed by atoms with van der Waals surface area (Å²) >= 11 is 0. The quantitative estimate of drug-likeness (QED) is 0.572. The zero-order valence-electron chi connectivity index (χ0n) is 19.0. The molecule has 1 atom stereocenters. The first-order chi connectivity index (χ1) is 15.4. The first-order valence-corrected chi connectivity index (χ1v) is 11.0. The van der Waals surface area contributed by atoms with Gasteiger partial charge in [0.25, 0.3) is 5.56 Å². The highest BCUT2D eigenvalue weighted by Gasteiger charge is 2.24. The fraction of sp³-hybridized carbons (Fsp3) is 0.400. The fourth-order valence-corrected chi connectivity index (χ4v) is 4.15. The first kappa shape index (κ1) is 22.0. The third kappa shape index (κ3) is 4.83. The van der Waals surface area contributed by atoms with Gasteiger partial charge in [0.05, 0.1) is 17.2 Å². The van der Waals surface area contributed by atoms with Gasteiger partial charge in [-0.3, -0.25) is 9.59 Å². The number of aromatic nitrogens is 2. The molecule has 1 aliphatic heterocycles. The molecule has 2 heterocycles. The third-order valence-electron chi connectivity index (χ3n) is 5.96. The van der Waals surface area contributed by atoms with E-state index < -0.39 is 0 Å². The summed E-state index contributed by atoms with van der Waals surface area (Å²) in [5.74, 6) is -0.138. The summed E-state index contributed by atoms with van der Waals surface area (Å²) in [7, 11) is 4.00. The molecule has 3 aromatic rings. The molecular weight excluding hydrogens is 404 g/mol. The number of fused-ring (bicyclic) bond motifs is 1. The Kier molecular flexibility index (Phi) is 6.55. The summed E-state index contributed by atoms with van der Waals surface area (Å²) in [6.07, 6.45) is 1.98. The van der Waals surface area contributed by atoms with Gasteiger partial charge in [0.2, 0.25) is 5.91 Å². The van der Waals surface area contributed by atoms with Crippen molar-refractivity contribution in [3.05, 3.63) is 70.1 Å². The molecule has 168 valence electrons. The molecule has 1 aromatic heterocycles. The van der Waals surface area contributed by atoms with Crippen molar-refractivity contribution >= 4 is 22.4 Å². The largest absolute Gasteiger partial charge is 0.378 e. The lowest BCUT2D eigenvalue weighted by atomic mass is 10.1. The Balaban J connectivity index is 1.58. The molecule has 32 heavy (non-hydrogen) atoms. The molecule has 0 radical (unpaired) electrons. The number of aryl methyl sites for hydroxylation is 1. The summed E-state index contributed by atoms with van der Waals surface area (Å²) < 4.78 is 7.08. The van der Waals surface area contributed by atoms with Crippen LogP contribution in [0.5, 0.6) is 0 Å². The van der Waals surface area contributed by atoms with Crippen molar-refractivity contribution in [1.82, 2.24) is 14.7 Å². The number of ether oxygens (including phenoxy) is 1. The molecule has 0 bridgehead atoms. The van der Waals surface area contributed by atoms with Crippen molar-refractivity contribution in [2.75, 3.05) is 32.1 Å². The minimum absolute atomic E-state index is 0.0306. The van der Waals surface area contributed by atoms with Gasteiger partial charge in [-0.2, -0.15) is 5.10 Å². The topological polar surface area (TPSA) is 67.7 Å². The molecular formula is C25H30N4O3. The average Bonchev–Trinajstić information content (AvgIpc) is 3.30. The lowest BCUT2D eigenvalue weighted by Gasteiger charge is -2.26. The number of carbonyl (C=O) groups excluding carboxylic acids is 1. The Morgan fingerprint density at radius 3 is 2.50 bits per heavy atom. The number of nitrogens with zero attached hydrogens (tertiary/aromatic N) is 4. The molecule has 1 amide bonds. The van der Waals surface area contributed by atoms with E-state index in [-0.39, 0.29) is 24.1 Å². The van der Waals surface area contributed by atoms with Gasteiger partial charge < -0.3 is 14.5 Å². The van der Waals surface area contributed by atoms with Gasteiger partial charge in [-0.1, -0.05) is 30.3 Å². The van der Waals surface area contributed by atoms with Crippen LogP contribution in [0.15, 0.2) is 53.3 Å². The highest BCUT2D eigenvalue weighted by Crippen LogP contribution is 2.18. The van der Waals surface area contributed by atoms with Crippen LogP contribution in [0.3, 0.4) is 0 Å². The van der Waals surface area contributed by atoms with Crippen LogP contribution in [0.25, 0.3) is 10.8 Å². The Bertz CT molecular complexity index is 1150. The van der Waals surface area contributed by atoms with Gasteiger partial charge in [0.1, 0.15) is 6.54 Å². The molecule has 2 aromatic carbocycles. The maximum atomic E-state index is 13.3. The van der Waals surface area contributed by atoms with E-state index in [0.29, 0.717) is 18.5 Å². The van der Waals surface area contributed by atoms with Crippen LogP contribution in [0, 0.1) is 6.92 Å². The van der Waals surface area contributed by atoms with E-state index in [1.165, 1.54) is 4.68 Å². The molecule has 0 saturated carbocycles. The van der Waals surface area contributed by atoms with Crippen LogP contribution in [0.2, 0.25) is 0 Å². The van der Waals surface area contributed by atoms with E-state index >= 15 is 0 Å². The second-order valence-corrected chi connectivity index (χ2v) is 8.56. The van der Waals surface area contributed by atoms with Gasteiger partial charge in [-0.05, 0) is 43.5 Å². The Hall–Kier alpha value is -3.19. The predicted octanol–water partition coefficient (Wildman–Crippen LogP) is 2.98. The van der Waals surface area contributed by atoms with Gasteiger partial charge in [-0.15, -0.1) is 0 Å². The molecule has 7 heteroatoms. The van der Waals surface area contributed by atoms with Crippen molar-refractivity contribution in [1.29, 1.82) is 0 Å². The molecule has 0 N–H and O–H groups in total. The average molecular weight is 435 g/mol. The molecule has 1 unspecified atom stereocenters. The van der Waals surface area contributed by atoms with Crippen LogP contribution in [0.4, 0.5) is 5.69 Å². The molecule has 0 spiro atoms. The normalized spacial score (nSPS) is 15.8. The number of benzene rings is 2. The summed E-state index contributed by atoms with van der Waals surface area (Å²) in [5, 5.41) is 5.81. The smallest absolute Gasteiger partial charge is 0.275 e. The van der Waals surface area contributed by atoms with Crippen molar-refractivity contribution in [2.24, 2.45) is 0 Å². The third-order valence-corrected chi connectivity index (χ3v) is 5.96. The second-order valence-electron chi connectivity index (χ2n) is 8.56. The minimum atomic E-state index is -0.244. The van der Waals surface area contributed by atoms with Gasteiger partial charge in [-0.25, -0.2) is 4.68 Å². The molecule has 1 aliphatic rings. The number of rotatable bonds is 7. The maximum absolute atomic E-state index is 13.3. The van der Waals surface area contributed by atoms with Crippen LogP contribution < -0.4 is 10.5 Å². The van der Waals surface area contributed by atoms with E-state index in [0.717, 1.165) is 41.8 Å². The number of hydrogen-bond acceptors (Lipinski definition) is 5. The van der Waals surface area contributed by atoms with E-state index in [1.54, 1.807) is 11.0 Å². The lowest BCUT2D eigenvalue weighted by Crippen LogP contribution is -2.41. The first-order valence-electron chi connectivity index (χ1n) is 11.0. The fourth-order valence-electron chi connectivity index (χ4n) is 4.15. The summed E-state index contributed by atoms with van der Waals surface area (Å²) in [5.41, 5.74) is 2.63. The van der Waals surface area contributed by atoms with Gasteiger partial charge in [0.15, 0.2) is 0 Å². The molecule has 1 fully saturated rings. The zero-order valence-corrected chi connectivity index (χ0v) is 19.0. The van der Waals surface area contributed by atoms with Crippen molar-refractivity contribution in [3.63, 3.8) is 0 Å². The monoisotopic (exact) mass is 434 g/mol. The number of amides is 1. The van der Waals surface area contributed by atoms with Crippen LogP contribution in [0.1, 0.15) is 24.1 Å². The minimum Gasteiger partial charge on any atom is -0.378 e. The Labute approximate surface area is 188 Å². The van der Waals surface area contributed by atoms with Crippen LogP contribution in [-0.2, 0) is 22.6 Å². The van der Waals surface area contributed by atoms with Gasteiger partial charge >= 0.3 is 0 Å². The molecule has 1 saturated heterocycles. The van der Waals surface area contributed by atoms with Crippen molar-refractivity contribution in [2.45, 2.75) is 39.0 Å². The summed E-state index contributed by atoms with van der Waals surface area (Å²) in [6, 6.07) is 15.5. The molecule has 7 nitrogen and oxygen atoms in total.